The fourth-order valence-corrected chi connectivity index (χ4v) is 3.31. The number of nitrogens with zero attached hydrogens (tertiary/aromatic N) is 1. The lowest BCUT2D eigenvalue weighted by atomic mass is 9.93. The van der Waals surface area contributed by atoms with Crippen LogP contribution in [0.1, 0.15) is 43.7 Å². The first-order chi connectivity index (χ1) is 12.3. The zero-order chi connectivity index (χ0) is 17.5. The van der Waals surface area contributed by atoms with Gasteiger partial charge in [0, 0.05) is 21.9 Å². The van der Waals surface area contributed by atoms with Gasteiger partial charge in [0.05, 0.1) is 0 Å². The highest BCUT2D eigenvalue weighted by atomic mass is 79.9. The molecule has 1 aliphatic rings. The zero-order valence-electron chi connectivity index (χ0n) is 14.5. The lowest BCUT2D eigenvalue weighted by molar-refractivity contribution is 0.677. The summed E-state index contributed by atoms with van der Waals surface area (Å²) in [5, 5.41) is 7.90. The topological polar surface area (TPSA) is 36.4 Å². The zero-order valence-corrected chi connectivity index (χ0v) is 16.1. The Morgan fingerprint density at radius 2 is 2.00 bits per heavy atom. The Balaban J connectivity index is 1.79. The molecule has 0 radical (unpaired) electrons. The van der Waals surface area contributed by atoms with Crippen molar-refractivity contribution in [2.75, 3.05) is 5.32 Å². The van der Waals surface area contributed by atoms with E-state index in [1.165, 1.54) is 36.0 Å². The summed E-state index contributed by atoms with van der Waals surface area (Å²) >= 11 is 3.58. The molecule has 130 valence electrons. The van der Waals surface area contributed by atoms with Crippen LogP contribution in [0.3, 0.4) is 0 Å². The van der Waals surface area contributed by atoms with Gasteiger partial charge in [-0.1, -0.05) is 66.0 Å². The van der Waals surface area contributed by atoms with E-state index in [4.69, 9.17) is 0 Å². The first kappa shape index (κ1) is 17.7. The number of hydrogen-bond acceptors (Lipinski definition) is 3. The number of nitrogens with one attached hydrogen (secondary N) is 2. The van der Waals surface area contributed by atoms with Gasteiger partial charge in [0.2, 0.25) is 0 Å². The predicted octanol–water partition coefficient (Wildman–Crippen LogP) is 5.79. The summed E-state index contributed by atoms with van der Waals surface area (Å²) in [7, 11) is 0. The van der Waals surface area contributed by atoms with Crippen molar-refractivity contribution in [3.8, 4) is 0 Å². The fourth-order valence-electron chi connectivity index (χ4n) is 2.95. The molecular weight excluding hydrogens is 374 g/mol. The quantitative estimate of drug-likeness (QED) is 0.352. The van der Waals surface area contributed by atoms with E-state index in [1.807, 2.05) is 12.3 Å². The van der Waals surface area contributed by atoms with Crippen molar-refractivity contribution in [1.82, 2.24) is 5.43 Å². The normalized spacial score (nSPS) is 16.2. The average molecular weight is 398 g/mol. The molecule has 2 N–H and O–H groups in total. The lowest BCUT2D eigenvalue weighted by Crippen LogP contribution is -2.33. The summed E-state index contributed by atoms with van der Waals surface area (Å²) in [6, 6.07) is 16.8. The summed E-state index contributed by atoms with van der Waals surface area (Å²) in [5.74, 6) is 0. The number of fused-ring (bicyclic) bond motifs is 1. The number of benzene rings is 2. The Morgan fingerprint density at radius 3 is 2.80 bits per heavy atom. The second-order valence-electron chi connectivity index (χ2n) is 6.19. The van der Waals surface area contributed by atoms with Crippen molar-refractivity contribution in [2.24, 2.45) is 5.10 Å². The van der Waals surface area contributed by atoms with Crippen molar-refractivity contribution >= 4 is 33.4 Å². The van der Waals surface area contributed by atoms with Crippen LogP contribution < -0.4 is 10.7 Å². The van der Waals surface area contributed by atoms with Crippen LogP contribution in [-0.2, 0) is 0 Å². The summed E-state index contributed by atoms with van der Waals surface area (Å²) in [5.41, 5.74) is 7.96. The number of hydrogen-bond donors (Lipinski definition) is 2. The van der Waals surface area contributed by atoms with Crippen molar-refractivity contribution in [3.05, 3.63) is 70.2 Å². The van der Waals surface area contributed by atoms with Gasteiger partial charge in [-0.05, 0) is 48.3 Å². The third-order valence-electron chi connectivity index (χ3n) is 4.24. The third kappa shape index (κ3) is 4.73. The molecule has 0 saturated heterocycles. The highest BCUT2D eigenvalue weighted by molar-refractivity contribution is 9.10. The molecule has 4 heteroatoms. The second-order valence-corrected chi connectivity index (χ2v) is 7.11. The van der Waals surface area contributed by atoms with E-state index in [1.54, 1.807) is 0 Å². The van der Waals surface area contributed by atoms with E-state index in [0.717, 1.165) is 16.6 Å². The molecule has 0 saturated carbocycles. The van der Waals surface area contributed by atoms with Crippen LogP contribution in [0, 0.1) is 0 Å². The molecule has 25 heavy (non-hydrogen) atoms. The Labute approximate surface area is 158 Å². The molecule has 2 aromatic carbocycles. The summed E-state index contributed by atoms with van der Waals surface area (Å²) in [6.45, 7) is 2.22. The maximum Gasteiger partial charge on any atom is 0.133 e. The molecule has 0 spiro atoms. The van der Waals surface area contributed by atoms with Gasteiger partial charge in [0.15, 0.2) is 0 Å². The van der Waals surface area contributed by atoms with E-state index in [-0.39, 0.29) is 6.17 Å². The SMILES string of the molecule is CCCCC/C=N\N[C@@H]1C=C(c2ccccc2)c2cc(Br)ccc2N1. The van der Waals surface area contributed by atoms with Gasteiger partial charge in [0.1, 0.15) is 6.17 Å². The van der Waals surface area contributed by atoms with Crippen molar-refractivity contribution in [2.45, 2.75) is 38.8 Å². The molecule has 1 heterocycles. The van der Waals surface area contributed by atoms with Gasteiger partial charge >= 0.3 is 0 Å². The van der Waals surface area contributed by atoms with Crippen LogP contribution in [0.4, 0.5) is 5.69 Å². The number of anilines is 1. The number of rotatable bonds is 7. The van der Waals surface area contributed by atoms with E-state index in [9.17, 15) is 0 Å². The van der Waals surface area contributed by atoms with E-state index >= 15 is 0 Å². The minimum atomic E-state index is -0.0219. The minimum absolute atomic E-state index is 0.0219. The standard InChI is InChI=1S/C21H24BrN3/c1-2-3-4-8-13-23-25-21-15-18(16-9-6-5-7-10-16)19-14-17(22)11-12-20(19)24-21/h5-7,9-15,21,24-25H,2-4,8H2,1H3/b23-13-/t21-/m1/s1. The van der Waals surface area contributed by atoms with E-state index < -0.39 is 0 Å². The fraction of sp³-hybridized carbons (Fsp3) is 0.286. The Kier molecular flexibility index (Phi) is 6.29. The molecule has 1 atom stereocenters. The molecule has 0 aromatic heterocycles. The molecule has 3 nitrogen and oxygen atoms in total. The smallest absolute Gasteiger partial charge is 0.133 e. The second kappa shape index (κ2) is 8.86. The molecule has 0 amide bonds. The maximum absolute atomic E-state index is 4.39. The number of hydrazone groups is 1. The van der Waals surface area contributed by atoms with Gasteiger partial charge in [-0.3, -0.25) is 5.43 Å². The molecule has 0 fully saturated rings. The van der Waals surface area contributed by atoms with Crippen molar-refractivity contribution in [3.63, 3.8) is 0 Å². The van der Waals surface area contributed by atoms with Gasteiger partial charge in [-0.2, -0.15) is 5.10 Å². The van der Waals surface area contributed by atoms with Gasteiger partial charge < -0.3 is 5.32 Å². The first-order valence-corrected chi connectivity index (χ1v) is 9.68. The molecule has 0 bridgehead atoms. The predicted molar refractivity (Wildman–Crippen MR) is 111 cm³/mol. The Hall–Kier alpha value is -2.07. The summed E-state index contributed by atoms with van der Waals surface area (Å²) < 4.78 is 1.08. The van der Waals surface area contributed by atoms with Crippen molar-refractivity contribution in [1.29, 1.82) is 0 Å². The number of halogens is 1. The van der Waals surface area contributed by atoms with E-state index in [2.05, 4.69) is 87.2 Å². The lowest BCUT2D eigenvalue weighted by Gasteiger charge is -2.26. The van der Waals surface area contributed by atoms with Crippen LogP contribution in [-0.4, -0.2) is 12.4 Å². The van der Waals surface area contributed by atoms with Crippen LogP contribution in [0.25, 0.3) is 5.57 Å². The highest BCUT2D eigenvalue weighted by Gasteiger charge is 2.19. The van der Waals surface area contributed by atoms with Gasteiger partial charge in [-0.15, -0.1) is 0 Å². The van der Waals surface area contributed by atoms with Gasteiger partial charge in [-0.25, -0.2) is 0 Å². The van der Waals surface area contributed by atoms with Crippen LogP contribution in [0.5, 0.6) is 0 Å². The molecule has 2 aromatic rings. The van der Waals surface area contributed by atoms with Crippen LogP contribution >= 0.6 is 15.9 Å². The first-order valence-electron chi connectivity index (χ1n) is 8.88. The maximum atomic E-state index is 4.39. The molecule has 0 unspecified atom stereocenters. The largest absolute Gasteiger partial charge is 0.360 e. The van der Waals surface area contributed by atoms with Crippen LogP contribution in [0.15, 0.2) is 64.2 Å². The molecule has 1 aliphatic heterocycles. The molecule has 0 aliphatic carbocycles. The summed E-state index contributed by atoms with van der Waals surface area (Å²) in [6.07, 6.45) is 8.87. The highest BCUT2D eigenvalue weighted by Crippen LogP contribution is 2.35. The Morgan fingerprint density at radius 1 is 1.16 bits per heavy atom. The minimum Gasteiger partial charge on any atom is -0.360 e. The van der Waals surface area contributed by atoms with Crippen molar-refractivity contribution < 1.29 is 0 Å². The van der Waals surface area contributed by atoms with Crippen LogP contribution in [0.2, 0.25) is 0 Å². The summed E-state index contributed by atoms with van der Waals surface area (Å²) in [4.78, 5) is 0. The number of unbranched alkanes of at least 4 members (excludes halogenated alkanes) is 3. The third-order valence-corrected chi connectivity index (χ3v) is 4.74. The molecule has 3 rings (SSSR count). The van der Waals surface area contributed by atoms with Gasteiger partial charge in [0.25, 0.3) is 0 Å². The monoisotopic (exact) mass is 397 g/mol. The average Bonchev–Trinajstić information content (AvgIpc) is 2.65. The molecular formula is C21H24BrN3. The Bertz CT molecular complexity index is 753. The van der Waals surface area contributed by atoms with E-state index in [0.29, 0.717) is 0 Å².